The molecule has 0 saturated heterocycles. The summed E-state index contributed by atoms with van der Waals surface area (Å²) >= 11 is 0. The molecule has 0 aliphatic rings. The number of nitrogens with zero attached hydrogens (tertiary/aromatic N) is 4. The smallest absolute Gasteiger partial charge is 0.256 e. The Morgan fingerprint density at radius 1 is 1.03 bits per heavy atom. The largest absolute Gasteiger partial charge is 0.436 e. The van der Waals surface area contributed by atoms with Gasteiger partial charge >= 0.3 is 0 Å². The van der Waals surface area contributed by atoms with Crippen molar-refractivity contribution >= 4 is 33.7 Å². The molecule has 7 nitrogen and oxygen atoms in total. The number of rotatable bonds is 3. The first-order valence-corrected chi connectivity index (χ1v) is 9.58. The van der Waals surface area contributed by atoms with Gasteiger partial charge in [0.25, 0.3) is 5.91 Å². The van der Waals surface area contributed by atoms with E-state index in [0.717, 1.165) is 33.4 Å². The lowest BCUT2D eigenvalue weighted by molar-refractivity contribution is 0.102. The lowest BCUT2D eigenvalue weighted by atomic mass is 10.1. The minimum absolute atomic E-state index is 0.198. The number of aromatic nitrogens is 4. The number of anilines is 1. The van der Waals surface area contributed by atoms with Gasteiger partial charge in [0, 0.05) is 24.0 Å². The fraction of sp³-hybridized carbons (Fsp3) is 0.130. The van der Waals surface area contributed by atoms with Crippen LogP contribution in [0.25, 0.3) is 33.6 Å². The fourth-order valence-electron chi connectivity index (χ4n) is 3.64. The Morgan fingerprint density at radius 2 is 1.80 bits per heavy atom. The third-order valence-electron chi connectivity index (χ3n) is 5.02. The molecule has 0 unspecified atom stereocenters. The summed E-state index contributed by atoms with van der Waals surface area (Å²) in [5.74, 6) is 0.350. The molecule has 0 spiro atoms. The Labute approximate surface area is 172 Å². The number of hydrogen-bond acceptors (Lipinski definition) is 5. The SMILES string of the molecule is Cc1cc(C(=O)Nc2ccc(-c3nc4ccccc4o3)cc2)c2c(C)nn(C)c2n1. The monoisotopic (exact) mass is 397 g/mol. The average Bonchev–Trinajstić information content (AvgIpc) is 3.29. The summed E-state index contributed by atoms with van der Waals surface area (Å²) in [6, 6.07) is 16.9. The van der Waals surface area contributed by atoms with Gasteiger partial charge in [0.1, 0.15) is 5.52 Å². The van der Waals surface area contributed by atoms with Crippen molar-refractivity contribution in [2.45, 2.75) is 13.8 Å². The highest BCUT2D eigenvalue weighted by Crippen LogP contribution is 2.26. The standard InChI is InChI=1S/C23H19N5O2/c1-13-12-17(20-14(2)27-28(3)21(20)24-13)22(29)25-16-10-8-15(9-11-16)23-26-18-6-4-5-7-19(18)30-23/h4-12H,1-3H3,(H,25,29). The molecule has 0 bridgehead atoms. The van der Waals surface area contributed by atoms with E-state index in [2.05, 4.69) is 20.4 Å². The lowest BCUT2D eigenvalue weighted by Gasteiger charge is -2.08. The van der Waals surface area contributed by atoms with E-state index in [-0.39, 0.29) is 5.91 Å². The van der Waals surface area contributed by atoms with Crippen molar-refractivity contribution in [3.8, 4) is 11.5 Å². The topological polar surface area (TPSA) is 85.8 Å². The third kappa shape index (κ3) is 3.00. The summed E-state index contributed by atoms with van der Waals surface area (Å²) in [6.45, 7) is 3.75. The van der Waals surface area contributed by atoms with E-state index in [9.17, 15) is 4.79 Å². The van der Waals surface area contributed by atoms with Crippen molar-refractivity contribution in [1.29, 1.82) is 0 Å². The van der Waals surface area contributed by atoms with Crippen molar-refractivity contribution in [1.82, 2.24) is 19.7 Å². The Bertz CT molecular complexity index is 1380. The molecule has 7 heteroatoms. The normalized spacial score (nSPS) is 11.3. The summed E-state index contributed by atoms with van der Waals surface area (Å²) in [7, 11) is 1.83. The second-order valence-corrected chi connectivity index (χ2v) is 7.24. The van der Waals surface area contributed by atoms with Crippen LogP contribution in [0.2, 0.25) is 0 Å². The summed E-state index contributed by atoms with van der Waals surface area (Å²) in [5, 5.41) is 8.13. The zero-order chi connectivity index (χ0) is 20.8. The van der Waals surface area contributed by atoms with E-state index >= 15 is 0 Å². The number of aryl methyl sites for hydroxylation is 3. The molecule has 1 amide bonds. The molecule has 0 aliphatic carbocycles. The van der Waals surface area contributed by atoms with Gasteiger partial charge in [0.05, 0.1) is 16.6 Å². The van der Waals surface area contributed by atoms with E-state index in [1.165, 1.54) is 0 Å². The zero-order valence-electron chi connectivity index (χ0n) is 16.8. The number of benzene rings is 2. The maximum atomic E-state index is 13.0. The zero-order valence-corrected chi connectivity index (χ0v) is 16.8. The molecule has 2 aromatic carbocycles. The molecule has 5 rings (SSSR count). The van der Waals surface area contributed by atoms with Crippen LogP contribution in [0.4, 0.5) is 5.69 Å². The highest BCUT2D eigenvalue weighted by Gasteiger charge is 2.18. The number of oxazole rings is 1. The molecule has 5 aromatic rings. The highest BCUT2D eigenvalue weighted by molar-refractivity contribution is 6.12. The van der Waals surface area contributed by atoms with E-state index in [1.54, 1.807) is 10.7 Å². The number of nitrogens with one attached hydrogen (secondary N) is 1. The molecule has 0 radical (unpaired) electrons. The number of hydrogen-bond donors (Lipinski definition) is 1. The molecule has 30 heavy (non-hydrogen) atoms. The summed E-state index contributed by atoms with van der Waals surface area (Å²) in [5.41, 5.74) is 5.88. The van der Waals surface area contributed by atoms with Crippen molar-refractivity contribution in [3.63, 3.8) is 0 Å². The van der Waals surface area contributed by atoms with Crippen LogP contribution in [0, 0.1) is 13.8 Å². The van der Waals surface area contributed by atoms with Crippen LogP contribution in [0.15, 0.2) is 59.0 Å². The van der Waals surface area contributed by atoms with E-state index in [4.69, 9.17) is 4.42 Å². The van der Waals surface area contributed by atoms with Gasteiger partial charge < -0.3 is 9.73 Å². The van der Waals surface area contributed by atoms with Gasteiger partial charge in [-0.3, -0.25) is 9.48 Å². The lowest BCUT2D eigenvalue weighted by Crippen LogP contribution is -2.13. The van der Waals surface area contributed by atoms with E-state index in [1.807, 2.05) is 69.4 Å². The Kier molecular flexibility index (Phi) is 4.10. The average molecular weight is 397 g/mol. The molecule has 0 atom stereocenters. The first kappa shape index (κ1) is 18.1. The Balaban J connectivity index is 1.44. The molecular formula is C23H19N5O2. The predicted molar refractivity (Wildman–Crippen MR) is 115 cm³/mol. The van der Waals surface area contributed by atoms with Gasteiger partial charge in [-0.05, 0) is 56.3 Å². The van der Waals surface area contributed by atoms with Crippen molar-refractivity contribution in [3.05, 3.63) is 71.5 Å². The van der Waals surface area contributed by atoms with Crippen molar-refractivity contribution in [2.75, 3.05) is 5.32 Å². The summed E-state index contributed by atoms with van der Waals surface area (Å²) in [4.78, 5) is 22.0. The maximum absolute atomic E-state index is 13.0. The molecule has 148 valence electrons. The number of carbonyl (C=O) groups is 1. The molecule has 3 aromatic heterocycles. The Hall–Kier alpha value is -4.00. The van der Waals surface area contributed by atoms with Crippen LogP contribution in [-0.4, -0.2) is 25.7 Å². The van der Waals surface area contributed by atoms with Gasteiger partial charge in [-0.2, -0.15) is 5.10 Å². The summed E-state index contributed by atoms with van der Waals surface area (Å²) in [6.07, 6.45) is 0. The first-order chi connectivity index (χ1) is 14.5. The minimum atomic E-state index is -0.198. The number of para-hydroxylation sites is 2. The van der Waals surface area contributed by atoms with Gasteiger partial charge in [-0.25, -0.2) is 9.97 Å². The maximum Gasteiger partial charge on any atom is 0.256 e. The second kappa shape index (κ2) is 6.81. The predicted octanol–water partition coefficient (Wildman–Crippen LogP) is 4.65. The third-order valence-corrected chi connectivity index (χ3v) is 5.02. The highest BCUT2D eigenvalue weighted by atomic mass is 16.3. The van der Waals surface area contributed by atoms with Crippen LogP contribution in [-0.2, 0) is 7.05 Å². The number of pyridine rings is 1. The molecule has 0 fully saturated rings. The summed E-state index contributed by atoms with van der Waals surface area (Å²) < 4.78 is 7.50. The first-order valence-electron chi connectivity index (χ1n) is 9.58. The van der Waals surface area contributed by atoms with Crippen molar-refractivity contribution < 1.29 is 9.21 Å². The second-order valence-electron chi connectivity index (χ2n) is 7.24. The van der Waals surface area contributed by atoms with Crippen LogP contribution < -0.4 is 5.32 Å². The molecule has 3 heterocycles. The van der Waals surface area contributed by atoms with Crippen LogP contribution in [0.1, 0.15) is 21.7 Å². The van der Waals surface area contributed by atoms with Gasteiger partial charge in [0.15, 0.2) is 11.2 Å². The quantitative estimate of drug-likeness (QED) is 0.479. The van der Waals surface area contributed by atoms with Crippen LogP contribution in [0.5, 0.6) is 0 Å². The van der Waals surface area contributed by atoms with Crippen LogP contribution in [0.3, 0.4) is 0 Å². The fourth-order valence-corrected chi connectivity index (χ4v) is 3.64. The molecule has 0 saturated carbocycles. The number of amides is 1. The number of carbonyl (C=O) groups excluding carboxylic acids is 1. The van der Waals surface area contributed by atoms with Crippen LogP contribution >= 0.6 is 0 Å². The molecular weight excluding hydrogens is 378 g/mol. The number of fused-ring (bicyclic) bond motifs is 2. The van der Waals surface area contributed by atoms with Gasteiger partial charge in [-0.1, -0.05) is 12.1 Å². The minimum Gasteiger partial charge on any atom is -0.436 e. The van der Waals surface area contributed by atoms with Gasteiger partial charge in [-0.15, -0.1) is 0 Å². The Morgan fingerprint density at radius 3 is 2.57 bits per heavy atom. The molecule has 1 N–H and O–H groups in total. The van der Waals surface area contributed by atoms with Gasteiger partial charge in [0.2, 0.25) is 5.89 Å². The van der Waals surface area contributed by atoms with Crippen molar-refractivity contribution in [2.24, 2.45) is 7.05 Å². The van der Waals surface area contributed by atoms with E-state index in [0.29, 0.717) is 22.8 Å². The van der Waals surface area contributed by atoms with E-state index < -0.39 is 0 Å². The molecule has 0 aliphatic heterocycles.